The van der Waals surface area contributed by atoms with E-state index in [1.54, 1.807) is 60.7 Å². The van der Waals surface area contributed by atoms with E-state index in [1.165, 1.54) is 59.5 Å². The second kappa shape index (κ2) is 11.8. The number of sulfone groups is 1. The topological polar surface area (TPSA) is 109 Å². The molecule has 1 aromatic heterocycles. The molecule has 7 nitrogen and oxygen atoms in total. The van der Waals surface area contributed by atoms with Gasteiger partial charge in [0.05, 0.1) is 18.9 Å². The molecule has 2 N–H and O–H groups in total. The molecule has 5 aromatic rings. The van der Waals surface area contributed by atoms with Gasteiger partial charge in [0.2, 0.25) is 21.4 Å². The van der Waals surface area contributed by atoms with Crippen molar-refractivity contribution in [2.24, 2.45) is 0 Å². The minimum absolute atomic E-state index is 0.0534. The SMILES string of the molecule is O=C(Nc1ccc(S(=O)(=O)c2ccc(NC3=C(Sc4cccs4)C(=O)c4ccccc4C3=O)cc2)cc1)c1ccccc1. The number of amides is 1. The number of Topliss-reactive ketones (excluding diaryl/α,β-unsaturated/α-hetero) is 2. The van der Waals surface area contributed by atoms with Gasteiger partial charge in [0.25, 0.3) is 5.91 Å². The Morgan fingerprint density at radius 2 is 1.23 bits per heavy atom. The lowest BCUT2D eigenvalue weighted by Gasteiger charge is -2.21. The van der Waals surface area contributed by atoms with Crippen LogP contribution in [0.4, 0.5) is 11.4 Å². The summed E-state index contributed by atoms with van der Waals surface area (Å²) in [4.78, 5) is 39.7. The van der Waals surface area contributed by atoms with Crippen LogP contribution in [-0.2, 0) is 9.84 Å². The van der Waals surface area contributed by atoms with Crippen LogP contribution in [0.15, 0.2) is 145 Å². The number of fused-ring (bicyclic) bond motifs is 1. The predicted octanol–water partition coefficient (Wildman–Crippen LogP) is 7.33. The van der Waals surface area contributed by atoms with Crippen LogP contribution in [0, 0.1) is 0 Å². The highest BCUT2D eigenvalue weighted by atomic mass is 32.2. The minimum atomic E-state index is -3.87. The molecule has 0 fully saturated rings. The minimum Gasteiger partial charge on any atom is -0.351 e. The van der Waals surface area contributed by atoms with Crippen molar-refractivity contribution in [3.8, 4) is 0 Å². The Kier molecular flexibility index (Phi) is 7.81. The summed E-state index contributed by atoms with van der Waals surface area (Å²) in [5.41, 5.74) is 2.22. The summed E-state index contributed by atoms with van der Waals surface area (Å²) < 4.78 is 27.5. The number of ketones is 2. The number of nitrogens with one attached hydrogen (secondary N) is 2. The second-order valence-corrected chi connectivity index (χ2v) is 13.6. The summed E-state index contributed by atoms with van der Waals surface area (Å²) >= 11 is 2.69. The number of benzene rings is 4. The number of allylic oxidation sites excluding steroid dienone is 2. The molecular weight excluding hydrogens is 601 g/mol. The number of carbonyl (C=O) groups is 3. The Hall–Kier alpha value is -4.77. The Balaban J connectivity index is 1.23. The first kappa shape index (κ1) is 28.4. The van der Waals surface area contributed by atoms with Gasteiger partial charge in [-0.1, -0.05) is 60.3 Å². The maximum Gasteiger partial charge on any atom is 0.255 e. The van der Waals surface area contributed by atoms with Crippen LogP contribution in [0.2, 0.25) is 0 Å². The molecule has 0 bridgehead atoms. The van der Waals surface area contributed by atoms with Gasteiger partial charge in [-0.25, -0.2) is 8.42 Å². The van der Waals surface area contributed by atoms with Gasteiger partial charge in [-0.15, -0.1) is 11.3 Å². The molecule has 43 heavy (non-hydrogen) atoms. The van der Waals surface area contributed by atoms with E-state index >= 15 is 0 Å². The van der Waals surface area contributed by atoms with E-state index < -0.39 is 9.84 Å². The Morgan fingerprint density at radius 1 is 0.651 bits per heavy atom. The lowest BCUT2D eigenvalue weighted by molar-refractivity contribution is 0.0982. The zero-order valence-corrected chi connectivity index (χ0v) is 24.8. The first-order valence-corrected chi connectivity index (χ1v) is 16.2. The molecule has 1 aliphatic rings. The van der Waals surface area contributed by atoms with Gasteiger partial charge >= 0.3 is 0 Å². The van der Waals surface area contributed by atoms with Crippen LogP contribution >= 0.6 is 23.1 Å². The third kappa shape index (κ3) is 5.80. The summed E-state index contributed by atoms with van der Waals surface area (Å²) in [7, 11) is -3.87. The van der Waals surface area contributed by atoms with Gasteiger partial charge in [0.1, 0.15) is 5.70 Å². The van der Waals surface area contributed by atoms with Crippen molar-refractivity contribution in [2.75, 3.05) is 10.6 Å². The summed E-state index contributed by atoms with van der Waals surface area (Å²) in [6.07, 6.45) is 0. The molecule has 0 aliphatic heterocycles. The Labute approximate surface area is 256 Å². The van der Waals surface area contributed by atoms with E-state index in [4.69, 9.17) is 0 Å². The largest absolute Gasteiger partial charge is 0.351 e. The van der Waals surface area contributed by atoms with Crippen molar-refractivity contribution < 1.29 is 22.8 Å². The maximum absolute atomic E-state index is 13.5. The zero-order chi connectivity index (χ0) is 30.0. The highest BCUT2D eigenvalue weighted by Crippen LogP contribution is 2.39. The summed E-state index contributed by atoms with van der Waals surface area (Å²) in [6.45, 7) is 0. The Morgan fingerprint density at radius 3 is 1.84 bits per heavy atom. The normalized spacial score (nSPS) is 13.0. The Bertz CT molecular complexity index is 1980. The first-order chi connectivity index (χ1) is 20.8. The van der Waals surface area contributed by atoms with Crippen LogP contribution < -0.4 is 10.6 Å². The lowest BCUT2D eigenvalue weighted by atomic mass is 9.92. The summed E-state index contributed by atoms with van der Waals surface area (Å²) in [5.74, 6) is -0.864. The smallest absolute Gasteiger partial charge is 0.255 e. The molecule has 6 rings (SSSR count). The number of rotatable bonds is 8. The van der Waals surface area contributed by atoms with Gasteiger partial charge in [-0.2, -0.15) is 0 Å². The molecule has 0 saturated heterocycles. The molecular formula is C33H22N2O5S3. The van der Waals surface area contributed by atoms with Crippen molar-refractivity contribution >= 4 is 61.8 Å². The van der Waals surface area contributed by atoms with Crippen molar-refractivity contribution in [3.05, 3.63) is 148 Å². The van der Waals surface area contributed by atoms with Crippen molar-refractivity contribution in [2.45, 2.75) is 14.0 Å². The van der Waals surface area contributed by atoms with Crippen LogP contribution in [-0.4, -0.2) is 25.9 Å². The van der Waals surface area contributed by atoms with E-state index in [0.29, 0.717) is 28.1 Å². The number of anilines is 2. The van der Waals surface area contributed by atoms with E-state index in [1.807, 2.05) is 23.6 Å². The molecule has 10 heteroatoms. The van der Waals surface area contributed by atoms with Gasteiger partial charge in [-0.3, -0.25) is 14.4 Å². The van der Waals surface area contributed by atoms with Gasteiger partial charge in [0.15, 0.2) is 0 Å². The average Bonchev–Trinajstić information content (AvgIpc) is 3.56. The third-order valence-corrected chi connectivity index (χ3v) is 10.6. The van der Waals surface area contributed by atoms with Crippen molar-refractivity contribution in [1.29, 1.82) is 0 Å². The molecule has 0 saturated carbocycles. The standard InChI is InChI=1S/C33H22N2O5S3/c36-30-26-9-4-5-10-27(26)31(37)32(42-28-11-6-20-41-28)29(30)34-22-12-16-24(17-13-22)43(39,40)25-18-14-23(15-19-25)35-33(38)21-7-2-1-3-8-21/h1-20,34H,(H,35,38). The van der Waals surface area contributed by atoms with Crippen LogP contribution in [0.5, 0.6) is 0 Å². The molecule has 0 unspecified atom stereocenters. The number of hydrogen-bond donors (Lipinski definition) is 2. The van der Waals surface area contributed by atoms with E-state index in [0.717, 1.165) is 4.21 Å². The molecule has 0 radical (unpaired) electrons. The fourth-order valence-corrected chi connectivity index (χ4v) is 7.61. The van der Waals surface area contributed by atoms with Gasteiger partial charge in [0, 0.05) is 28.1 Å². The van der Waals surface area contributed by atoms with Crippen molar-refractivity contribution in [1.82, 2.24) is 0 Å². The average molecular weight is 623 g/mol. The van der Waals surface area contributed by atoms with Crippen molar-refractivity contribution in [3.63, 3.8) is 0 Å². The molecule has 0 atom stereocenters. The quantitative estimate of drug-likeness (QED) is 0.187. The molecule has 1 amide bonds. The van der Waals surface area contributed by atoms with Crippen LogP contribution in [0.3, 0.4) is 0 Å². The predicted molar refractivity (Wildman–Crippen MR) is 169 cm³/mol. The number of thioether (sulfide) groups is 1. The second-order valence-electron chi connectivity index (χ2n) is 9.44. The molecule has 4 aromatic carbocycles. The molecule has 1 aliphatic carbocycles. The van der Waals surface area contributed by atoms with Gasteiger partial charge < -0.3 is 10.6 Å². The number of thiophene rings is 1. The summed E-state index contributed by atoms with van der Waals surface area (Å²) in [6, 6.07) is 31.1. The van der Waals surface area contributed by atoms with E-state index in [2.05, 4.69) is 10.6 Å². The fraction of sp³-hybridized carbons (Fsp3) is 0. The number of hydrogen-bond acceptors (Lipinski definition) is 8. The van der Waals surface area contributed by atoms with Gasteiger partial charge in [-0.05, 0) is 72.1 Å². The first-order valence-electron chi connectivity index (χ1n) is 13.0. The highest BCUT2D eigenvalue weighted by Gasteiger charge is 2.33. The van der Waals surface area contributed by atoms with Crippen LogP contribution in [0.25, 0.3) is 0 Å². The third-order valence-electron chi connectivity index (χ3n) is 6.67. The van der Waals surface area contributed by atoms with E-state index in [-0.39, 0.29) is 37.9 Å². The van der Waals surface area contributed by atoms with Crippen LogP contribution in [0.1, 0.15) is 31.1 Å². The molecule has 0 spiro atoms. The summed E-state index contributed by atoms with van der Waals surface area (Å²) in [5, 5.41) is 7.73. The highest BCUT2D eigenvalue weighted by molar-refractivity contribution is 8.05. The molecule has 212 valence electrons. The molecule has 1 heterocycles. The van der Waals surface area contributed by atoms with E-state index in [9.17, 15) is 22.8 Å². The zero-order valence-electron chi connectivity index (χ0n) is 22.3. The lowest BCUT2D eigenvalue weighted by Crippen LogP contribution is -2.25. The fourth-order valence-electron chi connectivity index (χ4n) is 4.49. The monoisotopic (exact) mass is 622 g/mol. The maximum atomic E-state index is 13.5. The number of carbonyl (C=O) groups excluding carboxylic acids is 3.